The van der Waals surface area contributed by atoms with Gasteiger partial charge in [-0.3, -0.25) is 9.78 Å². The summed E-state index contributed by atoms with van der Waals surface area (Å²) in [6.45, 7) is 0.401. The molecule has 1 atom stereocenters. The first-order valence-electron chi connectivity index (χ1n) is 7.38. The van der Waals surface area contributed by atoms with Gasteiger partial charge in [0.2, 0.25) is 17.6 Å². The molecule has 1 saturated heterocycles. The third kappa shape index (κ3) is 2.61. The van der Waals surface area contributed by atoms with E-state index in [1.807, 2.05) is 24.3 Å². The van der Waals surface area contributed by atoms with Crippen LogP contribution in [0.1, 0.15) is 30.5 Å². The first kappa shape index (κ1) is 13.7. The molecule has 23 heavy (non-hydrogen) atoms. The van der Waals surface area contributed by atoms with E-state index >= 15 is 0 Å². The third-order valence-corrected chi connectivity index (χ3v) is 3.86. The maximum Gasteiger partial charge on any atom is 0.249 e. The van der Waals surface area contributed by atoms with E-state index < -0.39 is 0 Å². The second-order valence-electron chi connectivity index (χ2n) is 5.33. The lowest BCUT2D eigenvalue weighted by molar-refractivity contribution is -0.130. The Morgan fingerprint density at radius 1 is 1.26 bits per heavy atom. The van der Waals surface area contributed by atoms with Gasteiger partial charge in [-0.15, -0.1) is 0 Å². The molecule has 0 unspecified atom stereocenters. The van der Waals surface area contributed by atoms with E-state index in [0.717, 1.165) is 5.76 Å². The maximum atomic E-state index is 12.1. The number of hydrogen-bond acceptors (Lipinski definition) is 6. The molecule has 0 saturated carbocycles. The Morgan fingerprint density at radius 3 is 3.00 bits per heavy atom. The van der Waals surface area contributed by atoms with Gasteiger partial charge in [0.05, 0.1) is 12.8 Å². The molecule has 7 nitrogen and oxygen atoms in total. The fourth-order valence-electron chi connectivity index (χ4n) is 2.73. The molecule has 0 aliphatic carbocycles. The van der Waals surface area contributed by atoms with Crippen molar-refractivity contribution in [1.82, 2.24) is 20.0 Å². The van der Waals surface area contributed by atoms with E-state index in [9.17, 15) is 4.79 Å². The molecule has 0 bridgehead atoms. The van der Waals surface area contributed by atoms with Crippen LogP contribution >= 0.6 is 0 Å². The highest BCUT2D eigenvalue weighted by Crippen LogP contribution is 2.33. The molecule has 3 aromatic heterocycles. The molecule has 4 rings (SSSR count). The summed E-state index contributed by atoms with van der Waals surface area (Å²) in [7, 11) is 0. The molecule has 4 heterocycles. The van der Waals surface area contributed by atoms with Gasteiger partial charge in [0.1, 0.15) is 17.5 Å². The largest absolute Gasteiger partial charge is 0.467 e. The quantitative estimate of drug-likeness (QED) is 0.736. The molecule has 1 aliphatic heterocycles. The van der Waals surface area contributed by atoms with Gasteiger partial charge >= 0.3 is 0 Å². The molecule has 1 amide bonds. The van der Waals surface area contributed by atoms with E-state index in [1.54, 1.807) is 23.4 Å². The van der Waals surface area contributed by atoms with Gasteiger partial charge in [-0.05, 0) is 30.7 Å². The summed E-state index contributed by atoms with van der Waals surface area (Å²) < 4.78 is 10.7. The van der Waals surface area contributed by atoms with Crippen LogP contribution in [0.25, 0.3) is 11.5 Å². The molecule has 0 N–H and O–H groups in total. The topological polar surface area (TPSA) is 85.3 Å². The molecule has 0 aromatic carbocycles. The van der Waals surface area contributed by atoms with Gasteiger partial charge < -0.3 is 13.8 Å². The van der Waals surface area contributed by atoms with Crippen LogP contribution in [0.2, 0.25) is 0 Å². The SMILES string of the molecule is O=C1CC[C@H](c2nc(-c3ccccn3)no2)N1Cc1ccco1. The Kier molecular flexibility index (Phi) is 3.38. The molecule has 1 aliphatic rings. The molecular formula is C16H14N4O3. The number of hydrogen-bond donors (Lipinski definition) is 0. The molecule has 116 valence electrons. The highest BCUT2D eigenvalue weighted by atomic mass is 16.5. The number of pyridine rings is 1. The van der Waals surface area contributed by atoms with Crippen LogP contribution in [0, 0.1) is 0 Å². The lowest BCUT2D eigenvalue weighted by atomic mass is 10.2. The predicted octanol–water partition coefficient (Wildman–Crippen LogP) is 2.59. The summed E-state index contributed by atoms with van der Waals surface area (Å²) in [6, 6.07) is 8.92. The van der Waals surface area contributed by atoms with Crippen molar-refractivity contribution < 1.29 is 13.7 Å². The molecule has 0 spiro atoms. The fraction of sp³-hybridized carbons (Fsp3) is 0.250. The normalized spacial score (nSPS) is 17.8. The van der Waals surface area contributed by atoms with E-state index in [-0.39, 0.29) is 11.9 Å². The van der Waals surface area contributed by atoms with E-state index in [0.29, 0.717) is 36.8 Å². The van der Waals surface area contributed by atoms with Crippen molar-refractivity contribution >= 4 is 5.91 Å². The monoisotopic (exact) mass is 310 g/mol. The van der Waals surface area contributed by atoms with Crippen LogP contribution in [0.3, 0.4) is 0 Å². The zero-order valence-corrected chi connectivity index (χ0v) is 12.3. The highest BCUT2D eigenvalue weighted by molar-refractivity contribution is 5.78. The van der Waals surface area contributed by atoms with Crippen molar-refractivity contribution in [2.45, 2.75) is 25.4 Å². The highest BCUT2D eigenvalue weighted by Gasteiger charge is 2.36. The standard InChI is InChI=1S/C16H14N4O3/c21-14-7-6-13(20(14)10-11-4-3-9-22-11)16-18-15(19-23-16)12-5-1-2-8-17-12/h1-5,8-9,13H,6-7,10H2/t13-/m1/s1. The van der Waals surface area contributed by atoms with Crippen LogP contribution in [-0.2, 0) is 11.3 Å². The van der Waals surface area contributed by atoms with Gasteiger partial charge in [0.15, 0.2) is 0 Å². The third-order valence-electron chi connectivity index (χ3n) is 3.86. The smallest absolute Gasteiger partial charge is 0.249 e. The zero-order valence-electron chi connectivity index (χ0n) is 12.3. The molecular weight excluding hydrogens is 296 g/mol. The fourth-order valence-corrected chi connectivity index (χ4v) is 2.73. The maximum absolute atomic E-state index is 12.1. The number of likely N-dealkylation sites (tertiary alicyclic amines) is 1. The number of carbonyl (C=O) groups is 1. The predicted molar refractivity (Wildman–Crippen MR) is 78.8 cm³/mol. The second-order valence-corrected chi connectivity index (χ2v) is 5.33. The number of aromatic nitrogens is 3. The summed E-state index contributed by atoms with van der Waals surface area (Å²) in [5.74, 6) is 1.65. The lowest BCUT2D eigenvalue weighted by Crippen LogP contribution is -2.27. The Labute approximate surface area is 131 Å². The minimum absolute atomic E-state index is 0.0592. The van der Waals surface area contributed by atoms with Crippen LogP contribution in [-0.4, -0.2) is 25.9 Å². The Morgan fingerprint density at radius 2 is 2.22 bits per heavy atom. The Bertz CT molecular complexity index is 798. The average molecular weight is 310 g/mol. The number of carbonyl (C=O) groups excluding carboxylic acids is 1. The van der Waals surface area contributed by atoms with Gasteiger partial charge in [0.25, 0.3) is 0 Å². The Hall–Kier alpha value is -2.96. The van der Waals surface area contributed by atoms with Gasteiger partial charge in [-0.25, -0.2) is 0 Å². The molecule has 0 radical (unpaired) electrons. The van der Waals surface area contributed by atoms with Crippen molar-refractivity contribution in [3.05, 3.63) is 54.4 Å². The first-order valence-corrected chi connectivity index (χ1v) is 7.38. The summed E-state index contributed by atoms with van der Waals surface area (Å²) in [4.78, 5) is 22.5. The van der Waals surface area contributed by atoms with Crippen molar-refractivity contribution in [3.8, 4) is 11.5 Å². The van der Waals surface area contributed by atoms with Crippen molar-refractivity contribution in [3.63, 3.8) is 0 Å². The van der Waals surface area contributed by atoms with Crippen molar-refractivity contribution in [1.29, 1.82) is 0 Å². The van der Waals surface area contributed by atoms with Gasteiger partial charge in [0, 0.05) is 12.6 Å². The van der Waals surface area contributed by atoms with Crippen LogP contribution < -0.4 is 0 Å². The first-order chi connectivity index (χ1) is 11.3. The van der Waals surface area contributed by atoms with Gasteiger partial charge in [-0.2, -0.15) is 4.98 Å². The van der Waals surface area contributed by atoms with E-state index in [1.165, 1.54) is 0 Å². The average Bonchev–Trinajstić information content (AvgIpc) is 3.31. The molecule has 7 heteroatoms. The summed E-state index contributed by atoms with van der Waals surface area (Å²) in [5, 5.41) is 3.98. The number of nitrogens with zero attached hydrogens (tertiary/aromatic N) is 4. The van der Waals surface area contributed by atoms with Crippen molar-refractivity contribution in [2.75, 3.05) is 0 Å². The summed E-state index contributed by atoms with van der Waals surface area (Å²) >= 11 is 0. The van der Waals surface area contributed by atoms with Crippen molar-refractivity contribution in [2.24, 2.45) is 0 Å². The van der Waals surface area contributed by atoms with Crippen LogP contribution in [0.4, 0.5) is 0 Å². The Balaban J connectivity index is 1.59. The second kappa shape index (κ2) is 5.68. The number of furan rings is 1. The minimum Gasteiger partial charge on any atom is -0.467 e. The minimum atomic E-state index is -0.224. The summed E-state index contributed by atoms with van der Waals surface area (Å²) in [6.07, 6.45) is 4.39. The van der Waals surface area contributed by atoms with E-state index in [2.05, 4.69) is 15.1 Å². The van der Waals surface area contributed by atoms with Gasteiger partial charge in [-0.1, -0.05) is 11.2 Å². The number of rotatable bonds is 4. The summed E-state index contributed by atoms with van der Waals surface area (Å²) in [5.41, 5.74) is 0.643. The molecule has 1 fully saturated rings. The molecule has 3 aromatic rings. The zero-order chi connectivity index (χ0) is 15.6. The lowest BCUT2D eigenvalue weighted by Gasteiger charge is -2.20. The van der Waals surface area contributed by atoms with Crippen LogP contribution in [0.5, 0.6) is 0 Å². The van der Waals surface area contributed by atoms with Crippen LogP contribution in [0.15, 0.2) is 51.7 Å². The van der Waals surface area contributed by atoms with E-state index in [4.69, 9.17) is 8.94 Å². The number of amides is 1.